The summed E-state index contributed by atoms with van der Waals surface area (Å²) in [5.41, 5.74) is -0.567. The summed E-state index contributed by atoms with van der Waals surface area (Å²) in [7, 11) is 0. The zero-order valence-electron chi connectivity index (χ0n) is 8.35. The Morgan fingerprint density at radius 1 is 1.57 bits per heavy atom. The van der Waals surface area contributed by atoms with Crippen LogP contribution in [0.5, 0.6) is 0 Å². The Morgan fingerprint density at radius 2 is 2.14 bits per heavy atom. The van der Waals surface area contributed by atoms with E-state index in [0.29, 0.717) is 5.69 Å². The van der Waals surface area contributed by atoms with Crippen LogP contribution in [-0.2, 0) is 6.54 Å². The highest BCUT2D eigenvalue weighted by molar-refractivity contribution is 5.86. The lowest BCUT2D eigenvalue weighted by molar-refractivity contribution is 0.0562. The summed E-state index contributed by atoms with van der Waals surface area (Å²) in [6, 6.07) is 0. The van der Waals surface area contributed by atoms with Crippen LogP contribution in [0.15, 0.2) is 0 Å². The molecule has 1 heterocycles. The molecule has 1 rings (SSSR count). The molecule has 0 atom stereocenters. The number of rotatable bonds is 3. The van der Waals surface area contributed by atoms with E-state index in [0.717, 1.165) is 0 Å². The van der Waals surface area contributed by atoms with Crippen LogP contribution in [0.2, 0.25) is 0 Å². The lowest BCUT2D eigenvalue weighted by atomic mass is 10.1. The van der Waals surface area contributed by atoms with Gasteiger partial charge < -0.3 is 10.2 Å². The molecular formula is C8H13N3O3. The lowest BCUT2D eigenvalue weighted by Gasteiger charge is -2.17. The Hall–Kier alpha value is -1.43. The molecule has 2 N–H and O–H groups in total. The molecule has 6 nitrogen and oxygen atoms in total. The molecule has 0 unspecified atom stereocenters. The summed E-state index contributed by atoms with van der Waals surface area (Å²) in [4.78, 5) is 10.6. The van der Waals surface area contributed by atoms with Crippen molar-refractivity contribution in [2.24, 2.45) is 0 Å². The Balaban J connectivity index is 2.96. The summed E-state index contributed by atoms with van der Waals surface area (Å²) >= 11 is 0. The molecule has 0 aliphatic heterocycles. The SMILES string of the molecule is Cc1c(C(=O)O)nnn1CC(C)(C)O. The van der Waals surface area contributed by atoms with Crippen molar-refractivity contribution in [1.29, 1.82) is 0 Å². The third kappa shape index (κ3) is 2.29. The van der Waals surface area contributed by atoms with Crippen LogP contribution >= 0.6 is 0 Å². The monoisotopic (exact) mass is 199 g/mol. The molecule has 78 valence electrons. The quantitative estimate of drug-likeness (QED) is 0.718. The van der Waals surface area contributed by atoms with E-state index in [9.17, 15) is 9.90 Å². The van der Waals surface area contributed by atoms with Gasteiger partial charge in [0.2, 0.25) is 0 Å². The molecule has 1 aromatic heterocycles. The van der Waals surface area contributed by atoms with E-state index in [-0.39, 0.29) is 12.2 Å². The minimum atomic E-state index is -1.11. The van der Waals surface area contributed by atoms with Crippen molar-refractivity contribution < 1.29 is 15.0 Å². The lowest BCUT2D eigenvalue weighted by Crippen LogP contribution is -2.27. The van der Waals surface area contributed by atoms with E-state index in [1.807, 2.05) is 0 Å². The topological polar surface area (TPSA) is 88.2 Å². The van der Waals surface area contributed by atoms with Crippen LogP contribution in [-0.4, -0.2) is 36.8 Å². The van der Waals surface area contributed by atoms with Crippen LogP contribution in [0.3, 0.4) is 0 Å². The van der Waals surface area contributed by atoms with Crippen molar-refractivity contribution in [1.82, 2.24) is 15.0 Å². The van der Waals surface area contributed by atoms with E-state index in [2.05, 4.69) is 10.3 Å². The predicted molar refractivity (Wildman–Crippen MR) is 48.0 cm³/mol. The molecule has 0 fully saturated rings. The maximum absolute atomic E-state index is 10.6. The van der Waals surface area contributed by atoms with Gasteiger partial charge in [-0.15, -0.1) is 5.10 Å². The molecule has 0 saturated carbocycles. The van der Waals surface area contributed by atoms with Crippen LogP contribution in [0.1, 0.15) is 30.0 Å². The van der Waals surface area contributed by atoms with Gasteiger partial charge in [0.1, 0.15) is 0 Å². The number of carboxylic acid groups (broad SMARTS) is 1. The standard InChI is InChI=1S/C8H13N3O3/c1-5-6(7(12)13)9-10-11(5)4-8(2,3)14/h14H,4H2,1-3H3,(H,12,13). The van der Waals surface area contributed by atoms with Crippen molar-refractivity contribution in [2.75, 3.05) is 0 Å². The van der Waals surface area contributed by atoms with Gasteiger partial charge in [-0.2, -0.15) is 0 Å². The third-order valence-electron chi connectivity index (χ3n) is 1.72. The maximum Gasteiger partial charge on any atom is 0.358 e. The van der Waals surface area contributed by atoms with Crippen molar-refractivity contribution >= 4 is 5.97 Å². The fourth-order valence-corrected chi connectivity index (χ4v) is 1.07. The largest absolute Gasteiger partial charge is 0.476 e. The van der Waals surface area contributed by atoms with Crippen molar-refractivity contribution in [3.63, 3.8) is 0 Å². The Morgan fingerprint density at radius 3 is 2.50 bits per heavy atom. The first-order valence-electron chi connectivity index (χ1n) is 4.17. The van der Waals surface area contributed by atoms with E-state index >= 15 is 0 Å². The van der Waals surface area contributed by atoms with Crippen LogP contribution < -0.4 is 0 Å². The van der Waals surface area contributed by atoms with Gasteiger partial charge in [-0.25, -0.2) is 9.48 Å². The Bertz CT molecular complexity index is 351. The number of carboxylic acids is 1. The molecule has 0 aliphatic carbocycles. The van der Waals surface area contributed by atoms with E-state index < -0.39 is 11.6 Å². The van der Waals surface area contributed by atoms with E-state index in [1.165, 1.54) is 4.68 Å². The summed E-state index contributed by atoms with van der Waals surface area (Å²) in [5, 5.41) is 25.4. The number of hydrogen-bond donors (Lipinski definition) is 2. The van der Waals surface area contributed by atoms with Gasteiger partial charge in [0.05, 0.1) is 17.8 Å². The molecule has 0 amide bonds. The first-order valence-corrected chi connectivity index (χ1v) is 4.17. The second-order valence-electron chi connectivity index (χ2n) is 3.80. The molecular weight excluding hydrogens is 186 g/mol. The van der Waals surface area contributed by atoms with Gasteiger partial charge in [-0.05, 0) is 20.8 Å². The Labute approximate surface area is 81.2 Å². The molecule has 0 aliphatic rings. The number of aromatic carboxylic acids is 1. The average molecular weight is 199 g/mol. The van der Waals surface area contributed by atoms with Gasteiger partial charge >= 0.3 is 5.97 Å². The third-order valence-corrected chi connectivity index (χ3v) is 1.72. The zero-order valence-corrected chi connectivity index (χ0v) is 8.35. The first kappa shape index (κ1) is 10.6. The normalized spacial score (nSPS) is 11.7. The van der Waals surface area contributed by atoms with Gasteiger partial charge in [0.15, 0.2) is 5.69 Å². The summed E-state index contributed by atoms with van der Waals surface area (Å²) in [5.74, 6) is -1.11. The minimum Gasteiger partial charge on any atom is -0.476 e. The molecule has 0 saturated heterocycles. The maximum atomic E-state index is 10.6. The van der Waals surface area contributed by atoms with Gasteiger partial charge in [0, 0.05) is 0 Å². The summed E-state index contributed by atoms with van der Waals surface area (Å²) in [6.45, 7) is 5.07. The first-order chi connectivity index (χ1) is 6.31. The predicted octanol–water partition coefficient (Wildman–Crippen LogP) is 0.0556. The summed E-state index contributed by atoms with van der Waals surface area (Å²) in [6.07, 6.45) is 0. The van der Waals surface area contributed by atoms with E-state index in [4.69, 9.17) is 5.11 Å². The van der Waals surface area contributed by atoms with Crippen LogP contribution in [0.4, 0.5) is 0 Å². The zero-order chi connectivity index (χ0) is 10.9. The highest BCUT2D eigenvalue weighted by Gasteiger charge is 2.20. The number of nitrogens with zero attached hydrogens (tertiary/aromatic N) is 3. The second kappa shape index (κ2) is 3.38. The van der Waals surface area contributed by atoms with Crippen molar-refractivity contribution in [3.8, 4) is 0 Å². The van der Waals surface area contributed by atoms with Crippen LogP contribution in [0.25, 0.3) is 0 Å². The molecule has 1 aromatic rings. The molecule has 0 radical (unpaired) electrons. The molecule has 0 bridgehead atoms. The smallest absolute Gasteiger partial charge is 0.358 e. The average Bonchev–Trinajstić information content (AvgIpc) is 2.29. The molecule has 14 heavy (non-hydrogen) atoms. The number of carbonyl (C=O) groups is 1. The Kier molecular flexibility index (Phi) is 2.57. The highest BCUT2D eigenvalue weighted by Crippen LogP contribution is 2.09. The molecule has 0 spiro atoms. The summed E-state index contributed by atoms with van der Waals surface area (Å²) < 4.78 is 1.38. The van der Waals surface area contributed by atoms with Gasteiger partial charge in [0.25, 0.3) is 0 Å². The molecule has 6 heteroatoms. The minimum absolute atomic E-state index is 0.0748. The van der Waals surface area contributed by atoms with E-state index in [1.54, 1.807) is 20.8 Å². The number of aliphatic hydroxyl groups is 1. The molecule has 0 aromatic carbocycles. The number of hydrogen-bond acceptors (Lipinski definition) is 4. The highest BCUT2D eigenvalue weighted by atomic mass is 16.4. The second-order valence-corrected chi connectivity index (χ2v) is 3.80. The fraction of sp³-hybridized carbons (Fsp3) is 0.625. The van der Waals surface area contributed by atoms with Crippen molar-refractivity contribution in [3.05, 3.63) is 11.4 Å². The number of aromatic nitrogens is 3. The van der Waals surface area contributed by atoms with Gasteiger partial charge in [-0.3, -0.25) is 0 Å². The van der Waals surface area contributed by atoms with Crippen LogP contribution in [0, 0.1) is 6.92 Å². The van der Waals surface area contributed by atoms with Gasteiger partial charge in [-0.1, -0.05) is 5.21 Å². The fourth-order valence-electron chi connectivity index (χ4n) is 1.07. The van der Waals surface area contributed by atoms with Crippen molar-refractivity contribution in [2.45, 2.75) is 32.9 Å².